The Bertz CT molecular complexity index is 111. The van der Waals surface area contributed by atoms with Crippen molar-refractivity contribution >= 4 is 0 Å². The van der Waals surface area contributed by atoms with E-state index >= 15 is 0 Å². The van der Waals surface area contributed by atoms with Crippen molar-refractivity contribution in [2.75, 3.05) is 13.2 Å². The molecule has 2 nitrogen and oxygen atoms in total. The van der Waals surface area contributed by atoms with Crippen LogP contribution in [0.2, 0.25) is 0 Å². The second-order valence-electron chi connectivity index (χ2n) is 2.74. The highest BCUT2D eigenvalue weighted by molar-refractivity contribution is 4.59. The summed E-state index contributed by atoms with van der Waals surface area (Å²) in [4.78, 5) is 0. The van der Waals surface area contributed by atoms with Gasteiger partial charge in [0.15, 0.2) is 0 Å². The molecule has 0 aliphatic heterocycles. The van der Waals surface area contributed by atoms with Crippen LogP contribution in [0, 0.1) is 0 Å². The Morgan fingerprint density at radius 2 is 1.07 bits per heavy atom. The first-order valence-electron chi connectivity index (χ1n) is 4.22. The zero-order chi connectivity index (χ0) is 11.8. The molecule has 2 N–H and O–H groups in total. The normalized spacial score (nSPS) is 12.0. The first kappa shape index (κ1) is 16.1. The fourth-order valence-corrected chi connectivity index (χ4v) is 0.300. The largest absolute Gasteiger partial charge is 0.390 e. The predicted octanol–water partition coefficient (Wildman–Crippen LogP) is 2.05. The molecule has 0 rings (SSSR count). The van der Waals surface area contributed by atoms with Crippen LogP contribution in [0.4, 0.5) is 17.6 Å². The molecule has 0 aliphatic carbocycles. The van der Waals surface area contributed by atoms with Gasteiger partial charge in [-0.15, -0.1) is 0 Å². The van der Waals surface area contributed by atoms with Crippen molar-refractivity contribution in [2.24, 2.45) is 0 Å². The van der Waals surface area contributed by atoms with Gasteiger partial charge in [0.2, 0.25) is 5.92 Å². The highest BCUT2D eigenvalue weighted by Crippen LogP contribution is 2.20. The summed E-state index contributed by atoms with van der Waals surface area (Å²) < 4.78 is 46.5. The first-order chi connectivity index (χ1) is 6.24. The molecule has 0 aromatic carbocycles. The number of aliphatic hydroxyl groups is 2. The second-order valence-corrected chi connectivity index (χ2v) is 2.74. The number of aliphatic hydroxyl groups excluding tert-OH is 2. The van der Waals surface area contributed by atoms with Crippen molar-refractivity contribution in [3.8, 4) is 0 Å². The van der Waals surface area contributed by atoms with Gasteiger partial charge in [0, 0.05) is 12.8 Å². The summed E-state index contributed by atoms with van der Waals surface area (Å²) >= 11 is 0. The van der Waals surface area contributed by atoms with Gasteiger partial charge in [0.1, 0.15) is 13.2 Å². The molecule has 88 valence electrons. The van der Waals surface area contributed by atoms with Gasteiger partial charge < -0.3 is 10.2 Å². The van der Waals surface area contributed by atoms with Crippen LogP contribution in [0.25, 0.3) is 0 Å². The number of hydrogen-bond donors (Lipinski definition) is 2. The van der Waals surface area contributed by atoms with Crippen LogP contribution in [0.5, 0.6) is 0 Å². The number of halogens is 4. The topological polar surface area (TPSA) is 40.5 Å². The Balaban J connectivity index is 0. The molecule has 0 aromatic rings. The molecule has 0 radical (unpaired) electrons. The predicted molar refractivity (Wildman–Crippen MR) is 44.6 cm³/mol. The first-order valence-corrected chi connectivity index (χ1v) is 4.22. The number of hydrogen-bond acceptors (Lipinski definition) is 2. The summed E-state index contributed by atoms with van der Waals surface area (Å²) in [5.74, 6) is -5.72. The Kier molecular flexibility index (Phi) is 8.04. The molecule has 0 unspecified atom stereocenters. The zero-order valence-corrected chi connectivity index (χ0v) is 8.23. The number of rotatable bonds is 4. The molecule has 0 saturated carbocycles. The van der Waals surface area contributed by atoms with Crippen molar-refractivity contribution < 1.29 is 27.8 Å². The van der Waals surface area contributed by atoms with Gasteiger partial charge >= 0.3 is 0 Å². The molecular formula is C8H16F4O2. The van der Waals surface area contributed by atoms with Gasteiger partial charge in [0.05, 0.1) is 0 Å². The van der Waals surface area contributed by atoms with Gasteiger partial charge in [-0.25, -0.2) is 17.6 Å². The molecule has 0 aromatic heterocycles. The van der Waals surface area contributed by atoms with Crippen molar-refractivity contribution in [1.29, 1.82) is 0 Å². The zero-order valence-electron chi connectivity index (χ0n) is 8.23. The standard InChI is InChI=1S/C5H10F2.C3H6F2O2/c1-3-5(6,7)4-2;4-3(5,1-6)2-7/h3-4H2,1-2H3;6-7H,1-2H2. The summed E-state index contributed by atoms with van der Waals surface area (Å²) in [7, 11) is 0. The maximum atomic E-state index is 11.9. The van der Waals surface area contributed by atoms with Gasteiger partial charge in [0.25, 0.3) is 5.92 Å². The van der Waals surface area contributed by atoms with Crippen LogP contribution in [0.15, 0.2) is 0 Å². The average molecular weight is 220 g/mol. The van der Waals surface area contributed by atoms with E-state index in [-0.39, 0.29) is 12.8 Å². The Labute approximate surface area is 80.6 Å². The van der Waals surface area contributed by atoms with Gasteiger partial charge in [-0.2, -0.15) is 0 Å². The second kappa shape index (κ2) is 7.00. The lowest BCUT2D eigenvalue weighted by molar-refractivity contribution is -0.0870. The van der Waals surface area contributed by atoms with E-state index in [1.165, 1.54) is 13.8 Å². The fourth-order valence-electron chi connectivity index (χ4n) is 0.300. The number of alkyl halides is 4. The third-order valence-electron chi connectivity index (χ3n) is 1.50. The van der Waals surface area contributed by atoms with Crippen molar-refractivity contribution in [2.45, 2.75) is 38.5 Å². The molecule has 0 heterocycles. The van der Waals surface area contributed by atoms with E-state index in [2.05, 4.69) is 0 Å². The molecule has 14 heavy (non-hydrogen) atoms. The molecular weight excluding hydrogens is 204 g/mol. The minimum absolute atomic E-state index is 0.0382. The average Bonchev–Trinajstić information content (AvgIpc) is 2.19. The van der Waals surface area contributed by atoms with Crippen molar-refractivity contribution in [3.63, 3.8) is 0 Å². The van der Waals surface area contributed by atoms with Crippen molar-refractivity contribution in [3.05, 3.63) is 0 Å². The van der Waals surface area contributed by atoms with Gasteiger partial charge in [-0.1, -0.05) is 13.8 Å². The van der Waals surface area contributed by atoms with Crippen LogP contribution >= 0.6 is 0 Å². The van der Waals surface area contributed by atoms with E-state index in [1.807, 2.05) is 0 Å². The lowest BCUT2D eigenvalue weighted by Gasteiger charge is -2.08. The summed E-state index contributed by atoms with van der Waals surface area (Å²) in [6.45, 7) is 0.403. The minimum atomic E-state index is -3.31. The van der Waals surface area contributed by atoms with E-state index in [4.69, 9.17) is 10.2 Å². The van der Waals surface area contributed by atoms with Crippen LogP contribution in [-0.2, 0) is 0 Å². The lowest BCUT2D eigenvalue weighted by atomic mass is 10.2. The highest BCUT2D eigenvalue weighted by atomic mass is 19.3. The molecule has 0 spiro atoms. The van der Waals surface area contributed by atoms with E-state index < -0.39 is 25.1 Å². The van der Waals surface area contributed by atoms with E-state index in [0.717, 1.165) is 0 Å². The van der Waals surface area contributed by atoms with E-state index in [9.17, 15) is 17.6 Å². The molecule has 0 atom stereocenters. The molecule has 0 fully saturated rings. The Hall–Kier alpha value is -0.360. The fraction of sp³-hybridized carbons (Fsp3) is 1.00. The van der Waals surface area contributed by atoms with Crippen LogP contribution in [0.1, 0.15) is 26.7 Å². The molecule has 0 bridgehead atoms. The van der Waals surface area contributed by atoms with Crippen molar-refractivity contribution in [1.82, 2.24) is 0 Å². The smallest absolute Gasteiger partial charge is 0.293 e. The van der Waals surface area contributed by atoms with E-state index in [1.54, 1.807) is 0 Å². The molecule has 0 aliphatic rings. The SMILES string of the molecule is CCC(F)(F)CC.OCC(F)(F)CO. The summed E-state index contributed by atoms with van der Waals surface area (Å²) in [6, 6.07) is 0. The quantitative estimate of drug-likeness (QED) is 0.712. The van der Waals surface area contributed by atoms with Gasteiger partial charge in [-0.3, -0.25) is 0 Å². The maximum absolute atomic E-state index is 11.9. The van der Waals surface area contributed by atoms with Gasteiger partial charge in [-0.05, 0) is 0 Å². The highest BCUT2D eigenvalue weighted by Gasteiger charge is 2.25. The molecule has 0 amide bonds. The van der Waals surface area contributed by atoms with E-state index in [0.29, 0.717) is 0 Å². The monoisotopic (exact) mass is 220 g/mol. The molecule has 0 saturated heterocycles. The maximum Gasteiger partial charge on any atom is 0.293 e. The lowest BCUT2D eigenvalue weighted by Crippen LogP contribution is -2.25. The Morgan fingerprint density at radius 1 is 0.786 bits per heavy atom. The van der Waals surface area contributed by atoms with Crippen LogP contribution in [-0.4, -0.2) is 35.3 Å². The molecule has 6 heteroatoms. The third kappa shape index (κ3) is 9.73. The summed E-state index contributed by atoms with van der Waals surface area (Å²) in [5.41, 5.74) is 0. The summed E-state index contributed by atoms with van der Waals surface area (Å²) in [5, 5.41) is 15.4. The third-order valence-corrected chi connectivity index (χ3v) is 1.50. The van der Waals surface area contributed by atoms with Crippen LogP contribution in [0.3, 0.4) is 0 Å². The van der Waals surface area contributed by atoms with Crippen LogP contribution < -0.4 is 0 Å². The Morgan fingerprint density at radius 3 is 1.07 bits per heavy atom. The summed E-state index contributed by atoms with van der Waals surface area (Å²) in [6.07, 6.45) is -0.0764. The minimum Gasteiger partial charge on any atom is -0.390 e.